The Bertz CT molecular complexity index is 1100. The second kappa shape index (κ2) is 9.35. The van der Waals surface area contributed by atoms with Crippen LogP contribution >= 0.6 is 0 Å². The first-order valence-corrected chi connectivity index (χ1v) is 10.3. The van der Waals surface area contributed by atoms with Crippen LogP contribution in [0.5, 0.6) is 17.2 Å². The largest absolute Gasteiger partial charge is 0.493 e. The second-order valence-corrected chi connectivity index (χ2v) is 7.60. The highest BCUT2D eigenvalue weighted by atomic mass is 16.6. The molecule has 1 aromatic carbocycles. The van der Waals surface area contributed by atoms with E-state index in [2.05, 4.69) is 20.3 Å². The van der Waals surface area contributed by atoms with Crippen LogP contribution in [0.2, 0.25) is 0 Å². The zero-order valence-corrected chi connectivity index (χ0v) is 18.7. The molecule has 5 atom stereocenters. The van der Waals surface area contributed by atoms with Crippen molar-refractivity contribution < 1.29 is 34.3 Å². The minimum Gasteiger partial charge on any atom is -0.493 e. The van der Waals surface area contributed by atoms with Gasteiger partial charge in [0.2, 0.25) is 5.75 Å². The summed E-state index contributed by atoms with van der Waals surface area (Å²) < 4.78 is 23.4. The summed E-state index contributed by atoms with van der Waals surface area (Å²) in [6.07, 6.45) is -1.50. The van der Waals surface area contributed by atoms with Gasteiger partial charge in [0.1, 0.15) is 24.6 Å². The maximum absolute atomic E-state index is 10.4. The number of methoxy groups -OCH3 is 3. The van der Waals surface area contributed by atoms with E-state index in [1.165, 1.54) is 17.2 Å². The number of aliphatic hydroxyl groups excluding tert-OH is 3. The fourth-order valence-corrected chi connectivity index (χ4v) is 3.89. The molecule has 0 radical (unpaired) electrons. The van der Waals surface area contributed by atoms with Crippen LogP contribution in [0.15, 0.2) is 24.8 Å². The van der Waals surface area contributed by atoms with Gasteiger partial charge in [-0.1, -0.05) is 0 Å². The highest BCUT2D eigenvalue weighted by molar-refractivity contribution is 5.83. The van der Waals surface area contributed by atoms with Gasteiger partial charge in [-0.15, -0.1) is 0 Å². The van der Waals surface area contributed by atoms with E-state index in [0.717, 1.165) is 5.56 Å². The van der Waals surface area contributed by atoms with Crippen molar-refractivity contribution in [2.75, 3.05) is 33.3 Å². The fourth-order valence-electron chi connectivity index (χ4n) is 3.89. The molecule has 12 nitrogen and oxygen atoms in total. The smallest absolute Gasteiger partial charge is 0.203 e. The average Bonchev–Trinajstić information content (AvgIpc) is 3.39. The highest BCUT2D eigenvalue weighted by Crippen LogP contribution is 2.40. The van der Waals surface area contributed by atoms with Crippen molar-refractivity contribution >= 4 is 17.0 Å². The Morgan fingerprint density at radius 2 is 1.76 bits per heavy atom. The number of rotatable bonds is 8. The summed E-state index contributed by atoms with van der Waals surface area (Å²) in [5.74, 6) is 2.02. The SMILES string of the molecule is COc1cc(C(C)Nc2ncnc3c2ncn3[C@@H]2O[C@H](CO)C(O)[C@@H]2O)cc(OC)c1OC. The van der Waals surface area contributed by atoms with Crippen LogP contribution in [0.25, 0.3) is 11.2 Å². The number of nitrogens with one attached hydrogen (secondary N) is 1. The van der Waals surface area contributed by atoms with E-state index in [9.17, 15) is 15.3 Å². The third kappa shape index (κ3) is 4.02. The zero-order chi connectivity index (χ0) is 23.7. The van der Waals surface area contributed by atoms with Crippen molar-refractivity contribution in [3.05, 3.63) is 30.4 Å². The first-order chi connectivity index (χ1) is 15.9. The van der Waals surface area contributed by atoms with Crippen LogP contribution in [0, 0.1) is 0 Å². The molecule has 0 aliphatic carbocycles. The lowest BCUT2D eigenvalue weighted by Crippen LogP contribution is -2.33. The van der Waals surface area contributed by atoms with Crippen LogP contribution in [0.4, 0.5) is 5.82 Å². The molecule has 1 aliphatic rings. The van der Waals surface area contributed by atoms with Crippen molar-refractivity contribution in [2.45, 2.75) is 37.5 Å². The summed E-state index contributed by atoms with van der Waals surface area (Å²) in [4.78, 5) is 13.0. The molecule has 0 spiro atoms. The maximum atomic E-state index is 10.4. The number of aromatic nitrogens is 4. The number of nitrogens with zero attached hydrogens (tertiary/aromatic N) is 4. The van der Waals surface area contributed by atoms with Crippen molar-refractivity contribution in [1.29, 1.82) is 0 Å². The quantitative estimate of drug-likeness (QED) is 0.374. The molecule has 1 aliphatic heterocycles. The molecule has 0 amide bonds. The van der Waals surface area contributed by atoms with Gasteiger partial charge in [0.25, 0.3) is 0 Å². The minimum absolute atomic E-state index is 0.226. The maximum Gasteiger partial charge on any atom is 0.203 e. The number of ether oxygens (including phenoxy) is 4. The molecule has 0 saturated carbocycles. The first kappa shape index (κ1) is 23.0. The number of benzene rings is 1. The Balaban J connectivity index is 1.64. The molecule has 1 saturated heterocycles. The lowest BCUT2D eigenvalue weighted by Gasteiger charge is -2.19. The average molecular weight is 461 g/mol. The predicted octanol–water partition coefficient (Wildman–Crippen LogP) is 0.637. The third-order valence-electron chi connectivity index (χ3n) is 5.69. The van der Waals surface area contributed by atoms with Crippen LogP contribution in [0.1, 0.15) is 24.8 Å². The van der Waals surface area contributed by atoms with Gasteiger partial charge in [0.15, 0.2) is 34.7 Å². The van der Waals surface area contributed by atoms with Crippen molar-refractivity contribution in [1.82, 2.24) is 19.5 Å². The van der Waals surface area contributed by atoms with Gasteiger partial charge in [-0.05, 0) is 24.6 Å². The highest BCUT2D eigenvalue weighted by Gasteiger charge is 2.44. The van der Waals surface area contributed by atoms with Gasteiger partial charge in [0, 0.05) is 0 Å². The first-order valence-electron chi connectivity index (χ1n) is 10.3. The van der Waals surface area contributed by atoms with Gasteiger partial charge in [-0.25, -0.2) is 15.0 Å². The minimum atomic E-state index is -1.25. The van der Waals surface area contributed by atoms with Gasteiger partial charge >= 0.3 is 0 Å². The molecular weight excluding hydrogens is 434 g/mol. The summed E-state index contributed by atoms with van der Waals surface area (Å²) in [6, 6.07) is 3.46. The standard InChI is InChI=1S/C21H27N5O7/c1-10(11-5-12(30-2)18(32-4)13(6-11)31-3)25-19-15-20(23-8-22-19)26(9-24-15)21-17(29)16(28)14(7-27)33-21/h5-6,8-10,14,16-17,21,27-29H,7H2,1-4H3,(H,22,23,25)/t10?,14-,16?,17+,21-/m1/s1. The number of fused-ring (bicyclic) bond motifs is 1. The Kier molecular flexibility index (Phi) is 6.51. The molecule has 3 aromatic rings. The fraction of sp³-hybridized carbons (Fsp3) is 0.476. The Morgan fingerprint density at radius 3 is 2.33 bits per heavy atom. The van der Waals surface area contributed by atoms with Crippen molar-refractivity contribution in [3.63, 3.8) is 0 Å². The topological polar surface area (TPSA) is 153 Å². The van der Waals surface area contributed by atoms with Crippen LogP contribution in [-0.2, 0) is 4.74 Å². The molecule has 178 valence electrons. The van der Waals surface area contributed by atoms with Crippen molar-refractivity contribution in [2.24, 2.45) is 0 Å². The Hall–Kier alpha value is -3.19. The molecule has 3 heterocycles. The van der Waals surface area contributed by atoms with Gasteiger partial charge in [-0.2, -0.15) is 0 Å². The molecule has 2 unspecified atom stereocenters. The number of hydrogen-bond acceptors (Lipinski definition) is 11. The van der Waals surface area contributed by atoms with E-state index in [1.54, 1.807) is 21.3 Å². The van der Waals surface area contributed by atoms with Gasteiger partial charge in [-0.3, -0.25) is 4.57 Å². The second-order valence-electron chi connectivity index (χ2n) is 7.60. The van der Waals surface area contributed by atoms with Crippen LogP contribution < -0.4 is 19.5 Å². The third-order valence-corrected chi connectivity index (χ3v) is 5.69. The normalized spacial score (nSPS) is 23.5. The molecule has 4 rings (SSSR count). The molecule has 33 heavy (non-hydrogen) atoms. The van der Waals surface area contributed by atoms with Crippen LogP contribution in [-0.4, -0.2) is 81.1 Å². The number of aliphatic hydroxyl groups is 3. The molecule has 0 bridgehead atoms. The van der Waals surface area contributed by atoms with E-state index >= 15 is 0 Å². The lowest BCUT2D eigenvalue weighted by molar-refractivity contribution is -0.0511. The van der Waals surface area contributed by atoms with E-state index in [-0.39, 0.29) is 6.04 Å². The summed E-state index contributed by atoms with van der Waals surface area (Å²) in [5, 5.41) is 33.1. The Morgan fingerprint density at radius 1 is 1.06 bits per heavy atom. The van der Waals surface area contributed by atoms with E-state index < -0.39 is 31.1 Å². The number of anilines is 1. The number of hydrogen-bond donors (Lipinski definition) is 4. The van der Waals surface area contributed by atoms with E-state index in [0.29, 0.717) is 34.2 Å². The molecular formula is C21H27N5O7. The van der Waals surface area contributed by atoms with Gasteiger partial charge < -0.3 is 39.6 Å². The number of imidazole rings is 1. The monoisotopic (exact) mass is 461 g/mol. The molecule has 2 aromatic heterocycles. The van der Waals surface area contributed by atoms with Gasteiger partial charge in [0.05, 0.1) is 40.3 Å². The molecule has 4 N–H and O–H groups in total. The summed E-state index contributed by atoms with van der Waals surface area (Å²) in [6.45, 7) is 1.52. The zero-order valence-electron chi connectivity index (χ0n) is 18.7. The van der Waals surface area contributed by atoms with Crippen LogP contribution in [0.3, 0.4) is 0 Å². The predicted molar refractivity (Wildman–Crippen MR) is 116 cm³/mol. The molecule has 1 fully saturated rings. The Labute approximate surface area is 189 Å². The van der Waals surface area contributed by atoms with Crippen molar-refractivity contribution in [3.8, 4) is 17.2 Å². The van der Waals surface area contributed by atoms with E-state index in [4.69, 9.17) is 18.9 Å². The summed E-state index contributed by atoms with van der Waals surface area (Å²) in [5.41, 5.74) is 1.72. The summed E-state index contributed by atoms with van der Waals surface area (Å²) in [7, 11) is 4.65. The summed E-state index contributed by atoms with van der Waals surface area (Å²) >= 11 is 0. The lowest BCUT2D eigenvalue weighted by atomic mass is 10.1. The molecule has 12 heteroatoms. The van der Waals surface area contributed by atoms with E-state index in [1.807, 2.05) is 19.1 Å².